The zero-order valence-electron chi connectivity index (χ0n) is 14.4. The molecule has 3 aromatic rings. The van der Waals surface area contributed by atoms with Crippen molar-refractivity contribution in [1.29, 1.82) is 0 Å². The minimum atomic E-state index is -4.11. The van der Waals surface area contributed by atoms with Gasteiger partial charge < -0.3 is 4.18 Å². The highest BCUT2D eigenvalue weighted by atomic mass is 32.2. The molecule has 0 aliphatic carbocycles. The summed E-state index contributed by atoms with van der Waals surface area (Å²) < 4.78 is 50.8. The molecule has 28 heavy (non-hydrogen) atoms. The molecule has 0 bridgehead atoms. The van der Waals surface area contributed by atoms with Gasteiger partial charge in [0.2, 0.25) is 10.0 Å². The van der Waals surface area contributed by atoms with Crippen LogP contribution in [0.1, 0.15) is 22.7 Å². The van der Waals surface area contributed by atoms with Gasteiger partial charge in [-0.3, -0.25) is 0 Å². The second-order valence-corrected chi connectivity index (χ2v) is 8.74. The van der Waals surface area contributed by atoms with E-state index in [0.717, 1.165) is 11.1 Å². The first-order valence-electron chi connectivity index (χ1n) is 7.86. The van der Waals surface area contributed by atoms with E-state index in [4.69, 9.17) is 10.3 Å². The summed E-state index contributed by atoms with van der Waals surface area (Å²) in [5.41, 5.74) is 2.13. The van der Waals surface area contributed by atoms with Crippen molar-refractivity contribution in [1.82, 2.24) is 14.8 Å². The third-order valence-electron chi connectivity index (χ3n) is 3.77. The van der Waals surface area contributed by atoms with Crippen molar-refractivity contribution in [2.45, 2.75) is 11.8 Å². The summed E-state index contributed by atoms with van der Waals surface area (Å²) in [4.78, 5) is 3.96. The molecule has 0 aliphatic rings. The van der Waals surface area contributed by atoms with Gasteiger partial charge in [0.25, 0.3) is 0 Å². The maximum absolute atomic E-state index is 11.3. The van der Waals surface area contributed by atoms with Gasteiger partial charge in [-0.2, -0.15) is 18.7 Å². The van der Waals surface area contributed by atoms with Crippen molar-refractivity contribution in [2.24, 2.45) is 10.3 Å². The van der Waals surface area contributed by atoms with E-state index in [1.807, 2.05) is 0 Å². The number of rotatable bonds is 7. The molecule has 1 aromatic heterocycles. The topological polar surface area (TPSA) is 160 Å². The molecule has 148 valence electrons. The van der Waals surface area contributed by atoms with Gasteiger partial charge in [-0.05, 0) is 28.8 Å². The maximum Gasteiger partial charge on any atom is 0.380 e. The maximum atomic E-state index is 11.3. The van der Waals surface area contributed by atoms with E-state index in [1.165, 1.54) is 24.8 Å². The first-order valence-corrected chi connectivity index (χ1v) is 11.0. The molecule has 0 saturated heterocycles. The van der Waals surface area contributed by atoms with E-state index in [0.29, 0.717) is 5.56 Å². The summed E-state index contributed by atoms with van der Waals surface area (Å²) >= 11 is 0. The standard InChI is InChI=1S/C16H17N5O5S2/c17-27(22,23)9-12-1-3-13(4-2-12)16(21-11-19-10-20-21)14-5-7-15(8-6-14)26-28(18,24)25/h1-8,10-11,16H,9H2,(H2,17,22,23)(H2,18,24,25). The lowest BCUT2D eigenvalue weighted by molar-refractivity contribution is 0.487. The van der Waals surface area contributed by atoms with Crippen molar-refractivity contribution in [2.75, 3.05) is 0 Å². The summed E-state index contributed by atoms with van der Waals surface area (Å²) in [5.74, 6) is -0.187. The van der Waals surface area contributed by atoms with E-state index >= 15 is 0 Å². The van der Waals surface area contributed by atoms with E-state index in [9.17, 15) is 16.8 Å². The summed E-state index contributed by atoms with van der Waals surface area (Å²) in [6.07, 6.45) is 2.93. The van der Waals surface area contributed by atoms with Gasteiger partial charge in [0, 0.05) is 0 Å². The zero-order valence-corrected chi connectivity index (χ0v) is 16.0. The molecule has 12 heteroatoms. The fraction of sp³-hybridized carbons (Fsp3) is 0.125. The van der Waals surface area contributed by atoms with Crippen LogP contribution in [0.25, 0.3) is 0 Å². The van der Waals surface area contributed by atoms with Gasteiger partial charge in [0.05, 0.1) is 5.75 Å². The van der Waals surface area contributed by atoms with Crippen LogP contribution < -0.4 is 14.5 Å². The number of hydrogen-bond acceptors (Lipinski definition) is 7. The number of aromatic nitrogens is 3. The number of nitrogens with zero attached hydrogens (tertiary/aromatic N) is 3. The van der Waals surface area contributed by atoms with Gasteiger partial charge in [-0.15, -0.1) is 0 Å². The van der Waals surface area contributed by atoms with Gasteiger partial charge in [0.1, 0.15) is 24.4 Å². The van der Waals surface area contributed by atoms with Gasteiger partial charge in [-0.1, -0.05) is 36.4 Å². The van der Waals surface area contributed by atoms with Crippen LogP contribution in [-0.2, 0) is 26.1 Å². The van der Waals surface area contributed by atoms with Crippen molar-refractivity contribution < 1.29 is 21.0 Å². The Labute approximate surface area is 162 Å². The lowest BCUT2D eigenvalue weighted by atomic mass is 9.98. The fourth-order valence-corrected chi connectivity index (χ4v) is 3.75. The second kappa shape index (κ2) is 7.67. The van der Waals surface area contributed by atoms with Crippen molar-refractivity contribution in [3.05, 3.63) is 77.9 Å². The molecule has 0 amide bonds. The number of benzene rings is 2. The highest BCUT2D eigenvalue weighted by molar-refractivity contribution is 7.88. The molecule has 0 fully saturated rings. The highest BCUT2D eigenvalue weighted by Crippen LogP contribution is 2.28. The van der Waals surface area contributed by atoms with Crippen molar-refractivity contribution in [3.63, 3.8) is 0 Å². The van der Waals surface area contributed by atoms with Crippen LogP contribution >= 0.6 is 0 Å². The molecule has 0 aliphatic heterocycles. The quantitative estimate of drug-likeness (QED) is 0.552. The Morgan fingerprint density at radius 3 is 1.96 bits per heavy atom. The number of nitrogens with two attached hydrogens (primary N) is 2. The molecule has 1 heterocycles. The van der Waals surface area contributed by atoms with Crippen LogP contribution in [0.15, 0.2) is 61.2 Å². The highest BCUT2D eigenvalue weighted by Gasteiger charge is 2.18. The van der Waals surface area contributed by atoms with E-state index in [1.54, 1.807) is 41.1 Å². The van der Waals surface area contributed by atoms with E-state index < -0.39 is 20.3 Å². The SMILES string of the molecule is NS(=O)(=O)Cc1ccc(C(c2ccc(OS(N)(=O)=O)cc2)n2cncn2)cc1. The lowest BCUT2D eigenvalue weighted by Crippen LogP contribution is -2.19. The summed E-state index contributed by atoms with van der Waals surface area (Å²) in [6, 6.07) is 12.8. The molecular formula is C16H17N5O5S2. The molecule has 10 nitrogen and oxygen atoms in total. The van der Waals surface area contributed by atoms with Crippen molar-refractivity contribution >= 4 is 20.3 Å². The predicted molar refractivity (Wildman–Crippen MR) is 101 cm³/mol. The fourth-order valence-electron chi connectivity index (χ4n) is 2.72. The summed E-state index contributed by atoms with van der Waals surface area (Å²) in [5, 5.41) is 14.1. The van der Waals surface area contributed by atoms with E-state index in [2.05, 4.69) is 14.3 Å². The molecular weight excluding hydrogens is 406 g/mol. The zero-order chi connectivity index (χ0) is 20.4. The molecule has 4 N–H and O–H groups in total. The summed E-state index contributed by atoms with van der Waals surface area (Å²) in [6.45, 7) is 0. The number of hydrogen-bond donors (Lipinski definition) is 2. The Morgan fingerprint density at radius 1 is 0.929 bits per heavy atom. The average Bonchev–Trinajstić information content (AvgIpc) is 3.10. The minimum Gasteiger partial charge on any atom is -0.371 e. The Balaban J connectivity index is 1.95. The van der Waals surface area contributed by atoms with Crippen LogP contribution in [0.2, 0.25) is 0 Å². The Bertz CT molecular complexity index is 1070. The van der Waals surface area contributed by atoms with Crippen LogP contribution in [0, 0.1) is 0 Å². The second-order valence-electron chi connectivity index (χ2n) is 5.97. The van der Waals surface area contributed by atoms with Crippen molar-refractivity contribution in [3.8, 4) is 5.75 Å². The predicted octanol–water partition coefficient (Wildman–Crippen LogP) is 0.287. The van der Waals surface area contributed by atoms with E-state index in [-0.39, 0.29) is 17.5 Å². The van der Waals surface area contributed by atoms with Crippen LogP contribution in [0.4, 0.5) is 0 Å². The van der Waals surface area contributed by atoms with Crippen LogP contribution in [-0.4, -0.2) is 31.6 Å². The molecule has 1 unspecified atom stereocenters. The average molecular weight is 423 g/mol. The molecule has 2 aromatic carbocycles. The van der Waals surface area contributed by atoms with Gasteiger partial charge in [0.15, 0.2) is 0 Å². The molecule has 1 atom stereocenters. The molecule has 0 saturated carbocycles. The number of sulfonamides is 1. The third kappa shape index (κ3) is 5.36. The van der Waals surface area contributed by atoms with Gasteiger partial charge >= 0.3 is 10.3 Å². The lowest BCUT2D eigenvalue weighted by Gasteiger charge is -2.19. The van der Waals surface area contributed by atoms with Gasteiger partial charge in [-0.25, -0.2) is 23.2 Å². The van der Waals surface area contributed by atoms with Crippen LogP contribution in [0.5, 0.6) is 5.75 Å². The first-order chi connectivity index (χ1) is 13.1. The first kappa shape index (κ1) is 19.9. The summed E-state index contributed by atoms with van der Waals surface area (Å²) in [7, 11) is -7.74. The smallest absolute Gasteiger partial charge is 0.371 e. The number of primary sulfonamides is 1. The molecule has 3 rings (SSSR count). The molecule has 0 radical (unpaired) electrons. The largest absolute Gasteiger partial charge is 0.380 e. The normalized spacial score (nSPS) is 13.2. The Hall–Kier alpha value is -2.80. The Kier molecular flexibility index (Phi) is 5.47. The molecule has 0 spiro atoms. The van der Waals surface area contributed by atoms with Crippen LogP contribution in [0.3, 0.4) is 0 Å². The Morgan fingerprint density at radius 2 is 1.50 bits per heavy atom. The minimum absolute atomic E-state index is 0.0760. The third-order valence-corrected chi connectivity index (χ3v) is 4.93. The monoisotopic (exact) mass is 423 g/mol.